The van der Waals surface area contributed by atoms with Gasteiger partial charge in [-0.3, -0.25) is 13.6 Å². The van der Waals surface area contributed by atoms with Crippen molar-refractivity contribution in [3.05, 3.63) is 12.7 Å². The Kier molecular flexibility index (Phi) is 5.38. The van der Waals surface area contributed by atoms with Crippen molar-refractivity contribution in [2.45, 2.75) is 24.9 Å². The van der Waals surface area contributed by atoms with Gasteiger partial charge in [-0.05, 0) is 0 Å². The predicted octanol–water partition coefficient (Wildman–Crippen LogP) is -1.29. The molecule has 0 spiro atoms. The van der Waals surface area contributed by atoms with E-state index in [1.807, 2.05) is 0 Å². The topological polar surface area (TPSA) is 203 Å². The number of nitrogens with zero attached hydrogens (tertiary/aromatic N) is 4. The van der Waals surface area contributed by atoms with Crippen LogP contribution in [0, 0.1) is 0 Å². The minimum atomic E-state index is -4.88. The number of nitrogens with two attached hydrogens (primary N) is 1. The molecule has 27 heavy (non-hydrogen) atoms. The number of fused-ring (bicyclic) bond motifs is 1. The summed E-state index contributed by atoms with van der Waals surface area (Å²) in [7, 11) is -8.00. The number of nitrogen functional groups attached to an aromatic ring is 1. The number of rotatable bonds is 6. The molecule has 14 nitrogen and oxygen atoms in total. The molecule has 0 radical (unpaired) electrons. The van der Waals surface area contributed by atoms with Gasteiger partial charge < -0.3 is 30.0 Å². The van der Waals surface area contributed by atoms with E-state index in [0.29, 0.717) is 17.0 Å². The smallest absolute Gasteiger partial charge is 0.349 e. The first-order valence-electron chi connectivity index (χ1n) is 7.51. The molecule has 0 aliphatic carbocycles. The van der Waals surface area contributed by atoms with Crippen molar-refractivity contribution in [1.29, 1.82) is 0 Å². The molecule has 16 heteroatoms. The molecule has 1 aliphatic heterocycles. The Morgan fingerprint density at radius 3 is 2.67 bits per heavy atom. The second-order valence-electron chi connectivity index (χ2n) is 5.85. The fraction of sp³-hybridized carbons (Fsp3) is 0.545. The van der Waals surface area contributed by atoms with E-state index >= 15 is 0 Å². The highest BCUT2D eigenvalue weighted by atomic mass is 31.2. The number of phosphoric ester groups is 2. The molecule has 0 unspecified atom stereocenters. The molecule has 1 saturated heterocycles. The van der Waals surface area contributed by atoms with Crippen molar-refractivity contribution < 1.29 is 47.1 Å². The number of phosphoric acid groups is 2. The maximum absolute atomic E-state index is 11.2. The van der Waals surface area contributed by atoms with Crippen molar-refractivity contribution >= 4 is 32.6 Å². The van der Waals surface area contributed by atoms with Crippen molar-refractivity contribution in [2.24, 2.45) is 7.05 Å². The van der Waals surface area contributed by atoms with Crippen LogP contribution >= 0.6 is 15.6 Å². The van der Waals surface area contributed by atoms with Gasteiger partial charge in [-0.25, -0.2) is 18.7 Å². The number of ether oxygens (including phenoxy) is 1. The summed E-state index contributed by atoms with van der Waals surface area (Å²) in [4.78, 5) is 44.2. The summed E-state index contributed by atoms with van der Waals surface area (Å²) in [6, 6.07) is 0. The van der Waals surface area contributed by atoms with Crippen LogP contribution in [0.1, 0.15) is 12.6 Å². The fourth-order valence-electron chi connectivity index (χ4n) is 2.72. The maximum Gasteiger partial charge on any atom is 0.469 e. The Bertz CT molecular complexity index is 940. The van der Waals surface area contributed by atoms with Crippen LogP contribution < -0.4 is 10.3 Å². The third-order valence-corrected chi connectivity index (χ3v) is 4.94. The number of imidazole rings is 1. The quantitative estimate of drug-likeness (QED) is 0.270. The largest absolute Gasteiger partial charge is 0.469 e. The van der Waals surface area contributed by atoms with Gasteiger partial charge in [0.15, 0.2) is 5.52 Å². The standard InChI is InChI=1S/C11H17N5O9P2/c1-15-4-14-11-9(10(15)12)13-5-16(11)8-2-6(25-27(20,21)22)7(24-8)3-23-26(17,18)19/h4-8,12H,2-3H2,1H3,(H4,17,18,19,20,21,22)/p+1/t6-,7+,8+/m0/s1. The van der Waals surface area contributed by atoms with Gasteiger partial charge in [0.1, 0.15) is 24.8 Å². The highest BCUT2D eigenvalue weighted by Crippen LogP contribution is 2.45. The highest BCUT2D eigenvalue weighted by Gasteiger charge is 2.42. The van der Waals surface area contributed by atoms with Crippen LogP contribution in [-0.4, -0.2) is 52.9 Å². The number of hydrogen-bond acceptors (Lipinski definition) is 8. The second-order valence-corrected chi connectivity index (χ2v) is 8.28. The number of anilines is 1. The summed E-state index contributed by atoms with van der Waals surface area (Å²) >= 11 is 0. The van der Waals surface area contributed by atoms with E-state index in [9.17, 15) is 9.13 Å². The molecule has 2 aromatic heterocycles. The van der Waals surface area contributed by atoms with Crippen molar-refractivity contribution in [2.75, 3.05) is 12.3 Å². The highest BCUT2D eigenvalue weighted by molar-refractivity contribution is 7.46. The molecule has 3 heterocycles. The number of aryl methyl sites for hydroxylation is 1. The van der Waals surface area contributed by atoms with E-state index in [-0.39, 0.29) is 6.42 Å². The number of aromatic nitrogens is 4. The predicted molar refractivity (Wildman–Crippen MR) is 86.6 cm³/mol. The van der Waals surface area contributed by atoms with Crippen LogP contribution in [0.5, 0.6) is 0 Å². The maximum atomic E-state index is 11.2. The van der Waals surface area contributed by atoms with Gasteiger partial charge in [-0.2, -0.15) is 0 Å². The van der Waals surface area contributed by atoms with E-state index in [4.69, 9.17) is 30.0 Å². The zero-order valence-corrected chi connectivity index (χ0v) is 15.7. The lowest BCUT2D eigenvalue weighted by Gasteiger charge is -2.19. The summed E-state index contributed by atoms with van der Waals surface area (Å²) in [6.45, 7) is -0.636. The first kappa shape index (κ1) is 20.3. The molecule has 3 rings (SSSR count). The molecule has 1 fully saturated rings. The van der Waals surface area contributed by atoms with Gasteiger partial charge in [0, 0.05) is 6.42 Å². The molecule has 2 aromatic rings. The molecule has 0 bridgehead atoms. The van der Waals surface area contributed by atoms with E-state index in [1.54, 1.807) is 11.6 Å². The average molecular weight is 426 g/mol. The minimum Gasteiger partial charge on any atom is -0.349 e. The molecular weight excluding hydrogens is 408 g/mol. The van der Waals surface area contributed by atoms with E-state index in [0.717, 1.165) is 0 Å². The molecule has 1 aliphatic rings. The molecular formula is C11H18N5O9P2+. The van der Waals surface area contributed by atoms with Crippen molar-refractivity contribution in [3.63, 3.8) is 0 Å². The van der Waals surface area contributed by atoms with Gasteiger partial charge >= 0.3 is 15.6 Å². The molecule has 150 valence electrons. The van der Waals surface area contributed by atoms with Crippen LogP contribution in [0.15, 0.2) is 12.7 Å². The molecule has 0 aromatic carbocycles. The average Bonchev–Trinajstić information content (AvgIpc) is 3.11. The van der Waals surface area contributed by atoms with Crippen LogP contribution in [0.4, 0.5) is 5.82 Å². The number of hydrogen-bond donors (Lipinski definition) is 5. The summed E-state index contributed by atoms with van der Waals surface area (Å²) < 4.78 is 39.9. The monoisotopic (exact) mass is 426 g/mol. The van der Waals surface area contributed by atoms with E-state index in [2.05, 4.69) is 19.0 Å². The van der Waals surface area contributed by atoms with Gasteiger partial charge in [-0.15, -0.1) is 0 Å². The Morgan fingerprint density at radius 2 is 2.04 bits per heavy atom. The van der Waals surface area contributed by atoms with E-state index < -0.39 is 40.7 Å². The minimum absolute atomic E-state index is 0.0473. The van der Waals surface area contributed by atoms with Crippen molar-refractivity contribution in [1.82, 2.24) is 14.5 Å². The normalized spacial score (nSPS) is 24.0. The van der Waals surface area contributed by atoms with Crippen LogP contribution in [0.25, 0.3) is 11.2 Å². The molecule has 6 N–H and O–H groups in total. The van der Waals surface area contributed by atoms with Gasteiger partial charge in [0.05, 0.1) is 13.7 Å². The third kappa shape index (κ3) is 4.69. The Morgan fingerprint density at radius 1 is 1.33 bits per heavy atom. The first-order valence-corrected chi connectivity index (χ1v) is 10.6. The summed E-state index contributed by atoms with van der Waals surface area (Å²) in [5.74, 6) is 0.348. The van der Waals surface area contributed by atoms with Crippen molar-refractivity contribution in [3.8, 4) is 0 Å². The Balaban J connectivity index is 1.87. The lowest BCUT2D eigenvalue weighted by atomic mass is 10.2. The molecule has 0 saturated carbocycles. The Hall–Kier alpha value is -1.47. The first-order chi connectivity index (χ1) is 12.4. The fourth-order valence-corrected chi connectivity index (χ4v) is 3.64. The molecule has 3 atom stereocenters. The Labute approximate surface area is 152 Å². The SMILES string of the molecule is C[n+]1cnc2c(ncn2[C@H]2C[C@H](OP(=O)(O)O)[C@@H](COP(=O)(O)O)O2)c1N. The summed E-state index contributed by atoms with van der Waals surface area (Å²) in [5.41, 5.74) is 6.69. The van der Waals surface area contributed by atoms with Crippen LogP contribution in [0.2, 0.25) is 0 Å². The lowest BCUT2D eigenvalue weighted by Crippen LogP contribution is -2.32. The second kappa shape index (κ2) is 7.17. The zero-order valence-electron chi connectivity index (χ0n) is 13.9. The van der Waals surface area contributed by atoms with Crippen LogP contribution in [0.3, 0.4) is 0 Å². The molecule has 0 amide bonds. The summed E-state index contributed by atoms with van der Waals surface area (Å²) in [6.07, 6.45) is -0.352. The van der Waals surface area contributed by atoms with Gasteiger partial charge in [0.2, 0.25) is 12.0 Å². The lowest BCUT2D eigenvalue weighted by molar-refractivity contribution is -0.658. The third-order valence-electron chi connectivity index (χ3n) is 3.91. The van der Waals surface area contributed by atoms with E-state index in [1.165, 1.54) is 17.2 Å². The van der Waals surface area contributed by atoms with Gasteiger partial charge in [0.25, 0.3) is 5.82 Å². The summed E-state index contributed by atoms with van der Waals surface area (Å²) in [5, 5.41) is 0. The van der Waals surface area contributed by atoms with Crippen LogP contribution in [-0.2, 0) is 30.0 Å². The zero-order chi connectivity index (χ0) is 20.0. The van der Waals surface area contributed by atoms with Gasteiger partial charge in [-0.1, -0.05) is 4.98 Å².